The van der Waals surface area contributed by atoms with Crippen LogP contribution in [0.3, 0.4) is 0 Å². The minimum absolute atomic E-state index is 0.110. The molecule has 66 heavy (non-hydrogen) atoms. The summed E-state index contributed by atoms with van der Waals surface area (Å²) < 4.78 is 40.1. The van der Waals surface area contributed by atoms with E-state index in [0.29, 0.717) is 23.0 Å². The van der Waals surface area contributed by atoms with E-state index in [9.17, 15) is 0 Å². The zero-order chi connectivity index (χ0) is 44.6. The summed E-state index contributed by atoms with van der Waals surface area (Å²) in [7, 11) is -4.00. The van der Waals surface area contributed by atoms with E-state index in [2.05, 4.69) is 109 Å². The number of hydrogen-bond acceptors (Lipinski definition) is 6. The molecule has 0 bridgehead atoms. The third-order valence-electron chi connectivity index (χ3n) is 10.8. The van der Waals surface area contributed by atoms with Crippen molar-refractivity contribution in [1.82, 2.24) is 0 Å². The summed E-state index contributed by atoms with van der Waals surface area (Å²) in [5.74, 6) is 2.46. The van der Waals surface area contributed by atoms with Crippen LogP contribution in [0.2, 0.25) is 0 Å². The number of benzene rings is 7. The fourth-order valence-corrected chi connectivity index (χ4v) is 9.45. The Morgan fingerprint density at radius 1 is 0.409 bits per heavy atom. The highest BCUT2D eigenvalue weighted by atomic mass is 31.2. The van der Waals surface area contributed by atoms with E-state index in [0.717, 1.165) is 62.9 Å². The minimum atomic E-state index is -2.00. The van der Waals surface area contributed by atoms with Gasteiger partial charge >= 0.3 is 17.2 Å². The van der Waals surface area contributed by atoms with Crippen molar-refractivity contribution >= 4 is 28.4 Å². The third-order valence-corrected chi connectivity index (χ3v) is 12.9. The van der Waals surface area contributed by atoms with Crippen LogP contribution in [0.5, 0.6) is 23.0 Å². The van der Waals surface area contributed by atoms with Gasteiger partial charge in [-0.1, -0.05) is 206 Å². The Hall–Kier alpha value is -7.04. The summed E-state index contributed by atoms with van der Waals surface area (Å²) in [5, 5.41) is 0. The van der Waals surface area contributed by atoms with Crippen molar-refractivity contribution in [3.05, 3.63) is 265 Å². The Bertz CT molecular complexity index is 2900. The SMILES string of the molecule is C1=CC=C(c2cccc(OP(OCc3ccccc3C3=CCC=CC=C3)Oc3ccccc3COP(Oc3cccc(-c4ccccc4)c3)Oc3ccccc3-c3ccccc3)c2)CC=C1. The second-order valence-electron chi connectivity index (χ2n) is 15.3. The van der Waals surface area contributed by atoms with E-state index in [1.165, 1.54) is 5.57 Å². The Labute approximate surface area is 390 Å². The number of para-hydroxylation sites is 2. The van der Waals surface area contributed by atoms with Crippen LogP contribution in [0.15, 0.2) is 243 Å². The molecule has 326 valence electrons. The lowest BCUT2D eigenvalue weighted by atomic mass is 9.99. The van der Waals surface area contributed by atoms with Crippen molar-refractivity contribution < 1.29 is 27.1 Å². The monoisotopic (exact) mass is 902 g/mol. The summed E-state index contributed by atoms with van der Waals surface area (Å²) in [4.78, 5) is 0. The van der Waals surface area contributed by atoms with Crippen molar-refractivity contribution in [2.24, 2.45) is 0 Å². The lowest BCUT2D eigenvalue weighted by molar-refractivity contribution is 0.244. The smallest absolute Gasteiger partial charge is 0.418 e. The second kappa shape index (κ2) is 22.7. The van der Waals surface area contributed by atoms with Crippen molar-refractivity contribution in [1.29, 1.82) is 0 Å². The molecule has 0 aliphatic heterocycles. The molecule has 0 aromatic heterocycles. The molecule has 2 atom stereocenters. The largest absolute Gasteiger partial charge is 0.463 e. The van der Waals surface area contributed by atoms with E-state index in [1.807, 2.05) is 133 Å². The van der Waals surface area contributed by atoms with E-state index < -0.39 is 17.2 Å². The van der Waals surface area contributed by atoms with Gasteiger partial charge in [-0.15, -0.1) is 0 Å². The molecule has 0 spiro atoms. The molecule has 0 amide bonds. The molecule has 7 aromatic carbocycles. The highest BCUT2D eigenvalue weighted by Crippen LogP contribution is 2.48. The van der Waals surface area contributed by atoms with Gasteiger partial charge in [0.15, 0.2) is 0 Å². The first kappa shape index (κ1) is 44.2. The van der Waals surface area contributed by atoms with Gasteiger partial charge in [-0.3, -0.25) is 9.05 Å². The highest BCUT2D eigenvalue weighted by molar-refractivity contribution is 7.42. The molecule has 2 aliphatic rings. The number of rotatable bonds is 18. The van der Waals surface area contributed by atoms with Crippen LogP contribution in [0.25, 0.3) is 33.4 Å². The Morgan fingerprint density at radius 3 is 1.76 bits per heavy atom. The van der Waals surface area contributed by atoms with E-state index in [4.69, 9.17) is 27.1 Å². The first-order valence-corrected chi connectivity index (χ1v) is 24.1. The quantitative estimate of drug-likeness (QED) is 0.0800. The first-order valence-electron chi connectivity index (χ1n) is 21.9. The van der Waals surface area contributed by atoms with Crippen LogP contribution >= 0.6 is 17.2 Å². The normalized spacial score (nSPS) is 14.0. The summed E-state index contributed by atoms with van der Waals surface area (Å²) >= 11 is 0. The van der Waals surface area contributed by atoms with E-state index in [1.54, 1.807) is 0 Å². The van der Waals surface area contributed by atoms with Crippen LogP contribution in [0.1, 0.15) is 35.1 Å². The van der Waals surface area contributed by atoms with Gasteiger partial charge in [-0.25, -0.2) is 0 Å². The molecule has 0 saturated carbocycles. The van der Waals surface area contributed by atoms with Gasteiger partial charge in [0.2, 0.25) is 0 Å². The molecule has 9 rings (SSSR count). The van der Waals surface area contributed by atoms with Crippen LogP contribution in [0, 0.1) is 0 Å². The zero-order valence-electron chi connectivity index (χ0n) is 36.3. The molecule has 0 fully saturated rings. The predicted molar refractivity (Wildman–Crippen MR) is 271 cm³/mol. The molecule has 0 radical (unpaired) electrons. The van der Waals surface area contributed by atoms with Gasteiger partial charge in [0.25, 0.3) is 0 Å². The van der Waals surface area contributed by atoms with Gasteiger partial charge in [0.05, 0.1) is 13.2 Å². The third kappa shape index (κ3) is 12.0. The highest BCUT2D eigenvalue weighted by Gasteiger charge is 2.24. The lowest BCUT2D eigenvalue weighted by Gasteiger charge is -2.22. The van der Waals surface area contributed by atoms with Crippen LogP contribution in [-0.4, -0.2) is 0 Å². The number of hydrogen-bond donors (Lipinski definition) is 0. The summed E-state index contributed by atoms with van der Waals surface area (Å²) in [6.45, 7) is 0.369. The molecule has 0 N–H and O–H groups in total. The molecular formula is C58H48O6P2. The topological polar surface area (TPSA) is 55.4 Å². The fraction of sp³-hybridized carbons (Fsp3) is 0.0690. The Morgan fingerprint density at radius 2 is 0.985 bits per heavy atom. The van der Waals surface area contributed by atoms with Crippen molar-refractivity contribution in [3.63, 3.8) is 0 Å². The maximum Gasteiger partial charge on any atom is 0.463 e. The van der Waals surface area contributed by atoms with Crippen molar-refractivity contribution in [3.8, 4) is 45.3 Å². The summed E-state index contributed by atoms with van der Waals surface area (Å²) in [5.41, 5.74) is 10.3. The van der Waals surface area contributed by atoms with E-state index >= 15 is 0 Å². The maximum atomic E-state index is 6.78. The Kier molecular flexibility index (Phi) is 15.2. The van der Waals surface area contributed by atoms with Gasteiger partial charge in [0.1, 0.15) is 23.0 Å². The predicted octanol–water partition coefficient (Wildman–Crippen LogP) is 16.6. The molecule has 2 unspecified atom stereocenters. The molecule has 6 nitrogen and oxygen atoms in total. The first-order chi connectivity index (χ1) is 32.7. The molecular weight excluding hydrogens is 855 g/mol. The van der Waals surface area contributed by atoms with Crippen LogP contribution < -0.4 is 18.1 Å². The lowest BCUT2D eigenvalue weighted by Crippen LogP contribution is -2.05. The average Bonchev–Trinajstić information content (AvgIpc) is 3.83. The zero-order valence-corrected chi connectivity index (χ0v) is 38.1. The van der Waals surface area contributed by atoms with Gasteiger partial charge < -0.3 is 18.1 Å². The molecule has 0 heterocycles. The van der Waals surface area contributed by atoms with Crippen molar-refractivity contribution in [2.75, 3.05) is 0 Å². The van der Waals surface area contributed by atoms with Gasteiger partial charge in [-0.2, -0.15) is 0 Å². The molecule has 8 heteroatoms. The number of allylic oxidation sites excluding steroid dienone is 12. The van der Waals surface area contributed by atoms with Gasteiger partial charge in [0, 0.05) is 11.1 Å². The summed E-state index contributed by atoms with van der Waals surface area (Å²) in [6.07, 6.45) is 22.8. The van der Waals surface area contributed by atoms with E-state index in [-0.39, 0.29) is 13.2 Å². The fourth-order valence-electron chi connectivity index (χ4n) is 7.45. The summed E-state index contributed by atoms with van der Waals surface area (Å²) in [6, 6.07) is 60.4. The van der Waals surface area contributed by atoms with Crippen LogP contribution in [0.4, 0.5) is 0 Å². The molecule has 2 aliphatic carbocycles. The average molecular weight is 903 g/mol. The maximum absolute atomic E-state index is 6.78. The Balaban J connectivity index is 0.994. The van der Waals surface area contributed by atoms with Gasteiger partial charge in [-0.05, 0) is 93.8 Å². The molecule has 0 saturated heterocycles. The molecule has 7 aromatic rings. The standard InChI is InChI=1S/C58H48O6P2/c1-2-8-24-45(23-7-1)49-33-21-35-53(41-49)61-65(59-43-51-31-15-17-37-55(51)47-27-9-3-4-10-28-47)63-57-39-19-16-32-52(57)44-60-66(62-54-36-22-34-50(42-54)46-25-11-5-12-26-46)64-58-40-20-18-38-56(58)48-29-13-6-14-30-48/h1-9,11-23,25-42H,10,24,43-44H2. The van der Waals surface area contributed by atoms with Crippen LogP contribution in [-0.2, 0) is 22.3 Å². The second-order valence-corrected chi connectivity index (χ2v) is 17.4. The minimum Gasteiger partial charge on any atom is -0.418 e. The van der Waals surface area contributed by atoms with Crippen molar-refractivity contribution in [2.45, 2.75) is 26.1 Å².